The van der Waals surface area contributed by atoms with Crippen LogP contribution in [0.2, 0.25) is 0 Å². The zero-order valence-corrected chi connectivity index (χ0v) is 15.4. The number of benzene rings is 2. The van der Waals surface area contributed by atoms with Gasteiger partial charge in [0.1, 0.15) is 5.71 Å². The van der Waals surface area contributed by atoms with Crippen LogP contribution in [0.1, 0.15) is 11.1 Å². The van der Waals surface area contributed by atoms with Crippen molar-refractivity contribution in [3.8, 4) is 0 Å². The van der Waals surface area contributed by atoms with E-state index in [0.29, 0.717) is 11.3 Å². The van der Waals surface area contributed by atoms with Crippen LogP contribution < -0.4 is 4.90 Å². The quantitative estimate of drug-likeness (QED) is 0.465. The van der Waals surface area contributed by atoms with Gasteiger partial charge in [-0.15, -0.1) is 0 Å². The van der Waals surface area contributed by atoms with Gasteiger partial charge in [0.05, 0.1) is 11.3 Å². The second-order valence-electron chi connectivity index (χ2n) is 6.04. The Labute approximate surface area is 157 Å². The third-order valence-electron chi connectivity index (χ3n) is 4.07. The molecule has 0 saturated heterocycles. The first-order chi connectivity index (χ1) is 12.8. The fourth-order valence-corrected chi connectivity index (χ4v) is 3.09. The molecule has 0 bridgehead atoms. The summed E-state index contributed by atoms with van der Waals surface area (Å²) in [5.41, 5.74) is 3.20. The lowest BCUT2D eigenvalue weighted by atomic mass is 10.0. The molecule has 27 heavy (non-hydrogen) atoms. The number of hydrogen-bond donors (Lipinski definition) is 1. The van der Waals surface area contributed by atoms with Gasteiger partial charge in [0, 0.05) is 24.8 Å². The summed E-state index contributed by atoms with van der Waals surface area (Å²) in [5.74, 6) is -0.860. The van der Waals surface area contributed by atoms with Crippen LogP contribution in [0, 0.1) is 0 Å². The first kappa shape index (κ1) is 18.8. The summed E-state index contributed by atoms with van der Waals surface area (Å²) >= 11 is 0. The van der Waals surface area contributed by atoms with E-state index in [1.165, 1.54) is 0 Å². The molecule has 0 saturated carbocycles. The van der Waals surface area contributed by atoms with E-state index in [9.17, 15) is 13.2 Å². The zero-order valence-electron chi connectivity index (χ0n) is 14.6. The molecule has 0 atom stereocenters. The maximum absolute atomic E-state index is 12.0. The average molecular weight is 386 g/mol. The van der Waals surface area contributed by atoms with Gasteiger partial charge in [-0.1, -0.05) is 47.6 Å². The van der Waals surface area contributed by atoms with Crippen molar-refractivity contribution in [1.29, 1.82) is 0 Å². The minimum absolute atomic E-state index is 0.163. The SMILES string of the molecule is CN(CCS(=O)(=O)O)c1ccc(/C=C2\C(=O)ON=C2c2ccccc2)cc1. The lowest BCUT2D eigenvalue weighted by molar-refractivity contribution is -0.136. The van der Waals surface area contributed by atoms with Crippen molar-refractivity contribution in [2.45, 2.75) is 0 Å². The summed E-state index contributed by atoms with van der Waals surface area (Å²) in [6, 6.07) is 16.5. The maximum Gasteiger partial charge on any atom is 0.368 e. The summed E-state index contributed by atoms with van der Waals surface area (Å²) in [6.07, 6.45) is 1.70. The van der Waals surface area contributed by atoms with Crippen molar-refractivity contribution in [2.75, 3.05) is 24.2 Å². The standard InChI is InChI=1S/C19H18N2O5S/c1-21(11-12-27(23,24)25)16-9-7-14(8-10-16)13-17-18(20-26-19(17)22)15-5-3-2-4-6-15/h2-10,13H,11-12H2,1H3,(H,23,24,25)/b17-13-. The highest BCUT2D eigenvalue weighted by Gasteiger charge is 2.26. The Bertz CT molecular complexity index is 996. The number of carbonyl (C=O) groups excluding carboxylic acids is 1. The van der Waals surface area contributed by atoms with Crippen molar-refractivity contribution in [2.24, 2.45) is 5.16 Å². The summed E-state index contributed by atoms with van der Waals surface area (Å²) in [5, 5.41) is 3.87. The van der Waals surface area contributed by atoms with E-state index in [2.05, 4.69) is 5.16 Å². The molecule has 0 amide bonds. The van der Waals surface area contributed by atoms with E-state index in [1.54, 1.807) is 42.3 Å². The molecule has 2 aromatic rings. The molecule has 140 valence electrons. The molecular weight excluding hydrogens is 368 g/mol. The molecule has 0 spiro atoms. The Morgan fingerprint density at radius 3 is 2.41 bits per heavy atom. The predicted molar refractivity (Wildman–Crippen MR) is 103 cm³/mol. The smallest absolute Gasteiger partial charge is 0.368 e. The molecular formula is C19H18N2O5S. The Hall–Kier alpha value is -2.97. The van der Waals surface area contributed by atoms with Gasteiger partial charge in [0.15, 0.2) is 0 Å². The van der Waals surface area contributed by atoms with Crippen LogP contribution in [0.25, 0.3) is 6.08 Å². The number of hydrogen-bond acceptors (Lipinski definition) is 6. The van der Waals surface area contributed by atoms with Gasteiger partial charge >= 0.3 is 5.97 Å². The minimum atomic E-state index is -4.01. The summed E-state index contributed by atoms with van der Waals surface area (Å²) in [4.78, 5) is 18.6. The van der Waals surface area contributed by atoms with E-state index in [1.807, 2.05) is 30.3 Å². The summed E-state index contributed by atoms with van der Waals surface area (Å²) < 4.78 is 30.6. The fraction of sp³-hybridized carbons (Fsp3) is 0.158. The molecule has 1 aliphatic rings. The van der Waals surface area contributed by atoms with Crippen LogP contribution in [0.5, 0.6) is 0 Å². The Balaban J connectivity index is 1.78. The van der Waals surface area contributed by atoms with Gasteiger partial charge < -0.3 is 9.74 Å². The molecule has 0 fully saturated rings. The van der Waals surface area contributed by atoms with Gasteiger partial charge in [0.2, 0.25) is 0 Å². The molecule has 1 aliphatic heterocycles. The molecule has 3 rings (SSSR count). The molecule has 0 aliphatic carbocycles. The van der Waals surface area contributed by atoms with Crippen LogP contribution in [0.15, 0.2) is 65.3 Å². The van der Waals surface area contributed by atoms with Crippen LogP contribution in [0.3, 0.4) is 0 Å². The largest absolute Gasteiger partial charge is 0.373 e. The van der Waals surface area contributed by atoms with Crippen LogP contribution in [-0.4, -0.2) is 44.0 Å². The Morgan fingerprint density at radius 2 is 1.78 bits per heavy atom. The number of rotatable bonds is 6. The first-order valence-corrected chi connectivity index (χ1v) is 9.77. The highest BCUT2D eigenvalue weighted by Crippen LogP contribution is 2.22. The Kier molecular flexibility index (Phi) is 5.38. The lowest BCUT2D eigenvalue weighted by Crippen LogP contribution is -2.24. The molecule has 2 aromatic carbocycles. The minimum Gasteiger partial charge on any atom is -0.373 e. The summed E-state index contributed by atoms with van der Waals surface area (Å²) in [7, 11) is -2.28. The van der Waals surface area contributed by atoms with Crippen molar-refractivity contribution in [3.05, 3.63) is 71.3 Å². The molecule has 1 N–H and O–H groups in total. The second kappa shape index (κ2) is 7.73. The van der Waals surface area contributed by atoms with Crippen molar-refractivity contribution >= 4 is 33.6 Å². The van der Waals surface area contributed by atoms with E-state index in [0.717, 1.165) is 16.8 Å². The highest BCUT2D eigenvalue weighted by atomic mass is 32.2. The normalized spacial score (nSPS) is 15.6. The van der Waals surface area contributed by atoms with Crippen LogP contribution in [-0.2, 0) is 19.8 Å². The number of anilines is 1. The first-order valence-electron chi connectivity index (χ1n) is 8.17. The average Bonchev–Trinajstić information content (AvgIpc) is 3.01. The Morgan fingerprint density at radius 1 is 1.11 bits per heavy atom. The van der Waals surface area contributed by atoms with Crippen molar-refractivity contribution < 1.29 is 22.6 Å². The van der Waals surface area contributed by atoms with Gasteiger partial charge in [-0.25, -0.2) is 4.79 Å². The monoisotopic (exact) mass is 386 g/mol. The van der Waals surface area contributed by atoms with Gasteiger partial charge in [-0.05, 0) is 23.8 Å². The number of nitrogens with zero attached hydrogens (tertiary/aromatic N) is 2. The highest BCUT2D eigenvalue weighted by molar-refractivity contribution is 7.85. The van der Waals surface area contributed by atoms with E-state index < -0.39 is 16.1 Å². The fourth-order valence-electron chi connectivity index (χ4n) is 2.59. The lowest BCUT2D eigenvalue weighted by Gasteiger charge is -2.18. The second-order valence-corrected chi connectivity index (χ2v) is 7.61. The van der Waals surface area contributed by atoms with E-state index in [-0.39, 0.29) is 12.3 Å². The molecule has 7 nitrogen and oxygen atoms in total. The zero-order chi connectivity index (χ0) is 19.4. The topological polar surface area (TPSA) is 96.3 Å². The van der Waals surface area contributed by atoms with Crippen LogP contribution >= 0.6 is 0 Å². The van der Waals surface area contributed by atoms with Gasteiger partial charge in [-0.3, -0.25) is 4.55 Å². The third kappa shape index (κ3) is 4.81. The van der Waals surface area contributed by atoms with E-state index >= 15 is 0 Å². The van der Waals surface area contributed by atoms with Gasteiger partial charge in [0.25, 0.3) is 10.1 Å². The molecule has 0 radical (unpaired) electrons. The maximum atomic E-state index is 12.0. The molecule has 0 aromatic heterocycles. The molecule has 0 unspecified atom stereocenters. The molecule has 8 heteroatoms. The predicted octanol–water partition coefficient (Wildman–Crippen LogP) is 2.36. The van der Waals surface area contributed by atoms with E-state index in [4.69, 9.17) is 9.39 Å². The van der Waals surface area contributed by atoms with Crippen LogP contribution in [0.4, 0.5) is 5.69 Å². The van der Waals surface area contributed by atoms with Crippen molar-refractivity contribution in [1.82, 2.24) is 0 Å². The van der Waals surface area contributed by atoms with Gasteiger partial charge in [-0.2, -0.15) is 8.42 Å². The number of carbonyl (C=O) groups is 1. The number of oxime groups is 1. The molecule has 1 heterocycles. The third-order valence-corrected chi connectivity index (χ3v) is 4.77. The summed E-state index contributed by atoms with van der Waals surface area (Å²) in [6.45, 7) is 0.163. The van der Waals surface area contributed by atoms with Crippen molar-refractivity contribution in [3.63, 3.8) is 0 Å².